The Hall–Kier alpha value is -1.96. The fraction of sp³-hybridized carbons (Fsp3) is 0.714. The zero-order valence-corrected chi connectivity index (χ0v) is 12.7. The zero-order chi connectivity index (χ0) is 16.4. The van der Waals surface area contributed by atoms with E-state index in [0.29, 0.717) is 12.3 Å². The first-order valence-electron chi connectivity index (χ1n) is 7.35. The van der Waals surface area contributed by atoms with Gasteiger partial charge in [-0.1, -0.05) is 6.92 Å². The summed E-state index contributed by atoms with van der Waals surface area (Å²) in [4.78, 5) is 49.5. The van der Waals surface area contributed by atoms with Gasteiger partial charge in [-0.05, 0) is 25.8 Å². The zero-order valence-electron chi connectivity index (χ0n) is 12.7. The van der Waals surface area contributed by atoms with Crippen LogP contribution >= 0.6 is 0 Å². The predicted octanol–water partition coefficient (Wildman–Crippen LogP) is -1.30. The minimum absolute atomic E-state index is 0.262. The van der Waals surface area contributed by atoms with Gasteiger partial charge in [0.25, 0.3) is 5.91 Å². The standard InChI is InChI=1S/C14H21N3O5/c1-8-5-10(16(2)7-8)12(19)15-6-11(18)13(20)17-4-3-9(17)14(21)22/h8-10H,3-7H2,1-2H3,(H,15,19)(H,21,22)/t8-,9?,10?/m1/s1. The van der Waals surface area contributed by atoms with E-state index in [9.17, 15) is 19.2 Å². The topological polar surface area (TPSA) is 107 Å². The third-order valence-electron chi connectivity index (χ3n) is 4.29. The second kappa shape index (κ2) is 6.43. The molecule has 0 aliphatic carbocycles. The van der Waals surface area contributed by atoms with E-state index < -0.39 is 23.7 Å². The number of carbonyl (C=O) groups is 4. The van der Waals surface area contributed by atoms with Crippen molar-refractivity contribution in [1.29, 1.82) is 0 Å². The molecule has 2 amide bonds. The third kappa shape index (κ3) is 3.27. The lowest BCUT2D eigenvalue weighted by Gasteiger charge is -2.37. The summed E-state index contributed by atoms with van der Waals surface area (Å²) in [7, 11) is 1.85. The molecule has 8 nitrogen and oxygen atoms in total. The number of nitrogens with one attached hydrogen (secondary N) is 1. The number of likely N-dealkylation sites (N-methyl/N-ethyl adjacent to an activating group) is 1. The highest BCUT2D eigenvalue weighted by Gasteiger charge is 2.40. The number of amides is 2. The number of hydrogen-bond acceptors (Lipinski definition) is 5. The van der Waals surface area contributed by atoms with Gasteiger partial charge >= 0.3 is 5.97 Å². The van der Waals surface area contributed by atoms with Crippen LogP contribution in [-0.4, -0.2) is 77.2 Å². The fourth-order valence-corrected chi connectivity index (χ4v) is 2.97. The second-order valence-corrected chi connectivity index (χ2v) is 6.08. The van der Waals surface area contributed by atoms with Gasteiger partial charge in [-0.25, -0.2) is 4.79 Å². The van der Waals surface area contributed by atoms with E-state index in [1.54, 1.807) is 0 Å². The molecule has 2 aliphatic rings. The van der Waals surface area contributed by atoms with Gasteiger partial charge < -0.3 is 15.3 Å². The smallest absolute Gasteiger partial charge is 0.326 e. The number of carboxylic acid groups (broad SMARTS) is 1. The summed E-state index contributed by atoms with van der Waals surface area (Å²) in [6, 6.07) is -1.21. The van der Waals surface area contributed by atoms with Gasteiger partial charge in [0, 0.05) is 13.1 Å². The van der Waals surface area contributed by atoms with Gasteiger partial charge in [-0.2, -0.15) is 0 Å². The maximum Gasteiger partial charge on any atom is 0.326 e. The lowest BCUT2D eigenvalue weighted by Crippen LogP contribution is -2.58. The summed E-state index contributed by atoms with van der Waals surface area (Å²) in [6.07, 6.45) is 1.07. The number of hydrogen-bond donors (Lipinski definition) is 2. The Labute approximate surface area is 128 Å². The van der Waals surface area contributed by atoms with Crippen LogP contribution in [0.1, 0.15) is 19.8 Å². The number of carboxylic acids is 1. The van der Waals surface area contributed by atoms with Gasteiger partial charge in [0.15, 0.2) is 0 Å². The van der Waals surface area contributed by atoms with Crippen molar-refractivity contribution in [3.8, 4) is 0 Å². The van der Waals surface area contributed by atoms with Gasteiger partial charge in [-0.3, -0.25) is 19.3 Å². The van der Waals surface area contributed by atoms with Crippen molar-refractivity contribution in [2.75, 3.05) is 26.7 Å². The number of carbonyl (C=O) groups excluding carboxylic acids is 3. The minimum Gasteiger partial charge on any atom is -0.480 e. The van der Waals surface area contributed by atoms with E-state index in [1.807, 2.05) is 18.9 Å². The molecule has 2 saturated heterocycles. The Morgan fingerprint density at radius 3 is 2.36 bits per heavy atom. The van der Waals surface area contributed by atoms with Crippen LogP contribution in [-0.2, 0) is 19.2 Å². The van der Waals surface area contributed by atoms with Crippen LogP contribution in [0.5, 0.6) is 0 Å². The van der Waals surface area contributed by atoms with Crippen LogP contribution in [0, 0.1) is 5.92 Å². The fourth-order valence-electron chi connectivity index (χ4n) is 2.97. The first-order chi connectivity index (χ1) is 10.3. The molecule has 2 fully saturated rings. The van der Waals surface area contributed by atoms with Crippen molar-refractivity contribution in [3.05, 3.63) is 0 Å². The number of aliphatic carboxylic acids is 1. The van der Waals surface area contributed by atoms with E-state index in [0.717, 1.165) is 17.9 Å². The summed E-state index contributed by atoms with van der Waals surface area (Å²) >= 11 is 0. The van der Waals surface area contributed by atoms with Crippen molar-refractivity contribution in [1.82, 2.24) is 15.1 Å². The number of Topliss-reactive ketones (excluding diaryl/α,β-unsaturated/α-hetero) is 1. The molecule has 0 bridgehead atoms. The molecule has 3 atom stereocenters. The maximum atomic E-state index is 12.0. The highest BCUT2D eigenvalue weighted by Crippen LogP contribution is 2.21. The van der Waals surface area contributed by atoms with Crippen molar-refractivity contribution in [2.24, 2.45) is 5.92 Å². The molecule has 122 valence electrons. The Morgan fingerprint density at radius 1 is 1.23 bits per heavy atom. The monoisotopic (exact) mass is 311 g/mol. The maximum absolute atomic E-state index is 12.0. The molecule has 2 aliphatic heterocycles. The van der Waals surface area contributed by atoms with Crippen LogP contribution in [0.25, 0.3) is 0 Å². The average Bonchev–Trinajstić information content (AvgIpc) is 2.72. The SMILES string of the molecule is C[C@@H]1CC(C(=O)NCC(=O)C(=O)N2CCC2C(=O)O)N(C)C1. The van der Waals surface area contributed by atoms with Crippen LogP contribution in [0.4, 0.5) is 0 Å². The van der Waals surface area contributed by atoms with Crippen molar-refractivity contribution < 1.29 is 24.3 Å². The lowest BCUT2D eigenvalue weighted by molar-refractivity contribution is -0.160. The Bertz CT molecular complexity index is 507. The van der Waals surface area contributed by atoms with Gasteiger partial charge in [0.2, 0.25) is 11.7 Å². The molecular formula is C14H21N3O5. The first kappa shape index (κ1) is 16.4. The quantitative estimate of drug-likeness (QED) is 0.611. The molecule has 0 aromatic rings. The minimum atomic E-state index is -1.11. The van der Waals surface area contributed by atoms with Crippen LogP contribution in [0.15, 0.2) is 0 Å². The summed E-state index contributed by atoms with van der Waals surface area (Å²) in [6.45, 7) is 2.74. The molecule has 0 spiro atoms. The van der Waals surface area contributed by atoms with Gasteiger partial charge in [-0.15, -0.1) is 0 Å². The van der Waals surface area contributed by atoms with Crippen LogP contribution < -0.4 is 5.32 Å². The first-order valence-corrected chi connectivity index (χ1v) is 7.35. The molecule has 22 heavy (non-hydrogen) atoms. The van der Waals surface area contributed by atoms with Crippen molar-refractivity contribution in [3.63, 3.8) is 0 Å². The molecule has 0 radical (unpaired) electrons. The van der Waals surface area contributed by atoms with Gasteiger partial charge in [0.1, 0.15) is 6.04 Å². The molecule has 2 heterocycles. The van der Waals surface area contributed by atoms with E-state index in [-0.39, 0.29) is 25.0 Å². The summed E-state index contributed by atoms with van der Waals surface area (Å²) in [5.41, 5.74) is 0. The van der Waals surface area contributed by atoms with E-state index >= 15 is 0 Å². The summed E-state index contributed by atoms with van der Waals surface area (Å²) < 4.78 is 0. The molecular weight excluding hydrogens is 290 g/mol. The molecule has 2 rings (SSSR count). The lowest BCUT2D eigenvalue weighted by atomic mass is 10.0. The molecule has 2 unspecified atom stereocenters. The predicted molar refractivity (Wildman–Crippen MR) is 76.0 cm³/mol. The number of rotatable bonds is 5. The van der Waals surface area contributed by atoms with Crippen LogP contribution in [0.3, 0.4) is 0 Å². The molecule has 8 heteroatoms. The Kier molecular flexibility index (Phi) is 4.80. The summed E-state index contributed by atoms with van der Waals surface area (Å²) in [5.74, 6) is -2.60. The number of likely N-dealkylation sites (tertiary alicyclic amines) is 2. The van der Waals surface area contributed by atoms with Crippen molar-refractivity contribution in [2.45, 2.75) is 31.8 Å². The Balaban J connectivity index is 1.81. The Morgan fingerprint density at radius 2 is 1.91 bits per heavy atom. The highest BCUT2D eigenvalue weighted by molar-refractivity contribution is 6.37. The molecule has 0 aromatic carbocycles. The van der Waals surface area contributed by atoms with E-state index in [1.165, 1.54) is 0 Å². The largest absolute Gasteiger partial charge is 0.480 e. The number of ketones is 1. The molecule has 2 N–H and O–H groups in total. The average molecular weight is 311 g/mol. The second-order valence-electron chi connectivity index (χ2n) is 6.08. The highest BCUT2D eigenvalue weighted by atomic mass is 16.4. The molecule has 0 saturated carbocycles. The summed E-state index contributed by atoms with van der Waals surface area (Å²) in [5, 5.41) is 11.3. The molecule has 0 aromatic heterocycles. The van der Waals surface area contributed by atoms with Gasteiger partial charge in [0.05, 0.1) is 12.6 Å². The van der Waals surface area contributed by atoms with Crippen molar-refractivity contribution >= 4 is 23.6 Å². The van der Waals surface area contributed by atoms with E-state index in [4.69, 9.17) is 5.11 Å². The van der Waals surface area contributed by atoms with E-state index in [2.05, 4.69) is 5.32 Å². The van der Waals surface area contributed by atoms with Crippen LogP contribution in [0.2, 0.25) is 0 Å². The third-order valence-corrected chi connectivity index (χ3v) is 4.29. The normalized spacial score (nSPS) is 28.1. The number of nitrogens with zero attached hydrogens (tertiary/aromatic N) is 2.